The molecule has 1 aromatic rings. The van der Waals surface area contributed by atoms with Crippen molar-refractivity contribution in [3.63, 3.8) is 0 Å². The summed E-state index contributed by atoms with van der Waals surface area (Å²) in [6.45, 7) is 7.54. The average Bonchev–Trinajstić information content (AvgIpc) is 2.18. The molecule has 0 amide bonds. The van der Waals surface area contributed by atoms with Gasteiger partial charge in [-0.2, -0.15) is 0 Å². The summed E-state index contributed by atoms with van der Waals surface area (Å²) in [6.07, 6.45) is 1.85. The summed E-state index contributed by atoms with van der Waals surface area (Å²) >= 11 is 0. The lowest BCUT2D eigenvalue weighted by atomic mass is 9.99. The Morgan fingerprint density at radius 1 is 1.38 bits per heavy atom. The Morgan fingerprint density at radius 3 is 2.69 bits per heavy atom. The van der Waals surface area contributed by atoms with Gasteiger partial charge in [-0.25, -0.2) is 0 Å². The number of likely N-dealkylation sites (N-methyl/N-ethyl adjacent to an activating group) is 1. The second-order valence-corrected chi connectivity index (χ2v) is 3.39. The van der Waals surface area contributed by atoms with Crippen molar-refractivity contribution < 1.29 is 0 Å². The first kappa shape index (κ1) is 10.2. The second-order valence-electron chi connectivity index (χ2n) is 3.39. The van der Waals surface area contributed by atoms with Crippen LogP contribution in [0.25, 0.3) is 0 Å². The molecule has 2 nitrogen and oxygen atoms in total. The largest absolute Gasteiger partial charge is 0.314 e. The van der Waals surface area contributed by atoms with Gasteiger partial charge in [0.15, 0.2) is 0 Å². The highest BCUT2D eigenvalue weighted by molar-refractivity contribution is 5.10. The van der Waals surface area contributed by atoms with Crippen LogP contribution in [-0.4, -0.2) is 17.6 Å². The van der Waals surface area contributed by atoms with Gasteiger partial charge in [-0.15, -0.1) is 0 Å². The number of rotatable bonds is 4. The number of hydrogen-bond acceptors (Lipinski definition) is 2. The molecule has 0 aliphatic rings. The van der Waals surface area contributed by atoms with E-state index in [1.165, 1.54) is 0 Å². The zero-order valence-electron chi connectivity index (χ0n) is 8.62. The topological polar surface area (TPSA) is 24.9 Å². The number of aromatic nitrogens is 1. The minimum Gasteiger partial charge on any atom is -0.314 e. The van der Waals surface area contributed by atoms with Crippen molar-refractivity contribution in [1.82, 2.24) is 10.3 Å². The van der Waals surface area contributed by atoms with Crippen LogP contribution < -0.4 is 5.32 Å². The highest BCUT2D eigenvalue weighted by atomic mass is 14.9. The molecule has 0 aliphatic carbocycles. The average molecular weight is 178 g/mol. The molecule has 1 aromatic heterocycles. The van der Waals surface area contributed by atoms with Gasteiger partial charge in [-0.1, -0.05) is 19.9 Å². The fourth-order valence-corrected chi connectivity index (χ4v) is 1.40. The number of hydrogen-bond donors (Lipinski definition) is 1. The lowest BCUT2D eigenvalue weighted by Crippen LogP contribution is -2.30. The Kier molecular flexibility index (Phi) is 3.90. The summed E-state index contributed by atoms with van der Waals surface area (Å²) in [7, 11) is 0. The van der Waals surface area contributed by atoms with Crippen molar-refractivity contribution in [1.29, 1.82) is 0 Å². The monoisotopic (exact) mass is 178 g/mol. The van der Waals surface area contributed by atoms with Gasteiger partial charge in [0.2, 0.25) is 0 Å². The molecule has 0 fully saturated rings. The molecule has 2 unspecified atom stereocenters. The quantitative estimate of drug-likeness (QED) is 0.764. The predicted molar refractivity (Wildman–Crippen MR) is 55.8 cm³/mol. The van der Waals surface area contributed by atoms with Crippen LogP contribution in [0.1, 0.15) is 32.4 Å². The van der Waals surface area contributed by atoms with E-state index < -0.39 is 0 Å². The molecule has 0 radical (unpaired) electrons. The van der Waals surface area contributed by atoms with Crippen molar-refractivity contribution in [2.24, 2.45) is 0 Å². The summed E-state index contributed by atoms with van der Waals surface area (Å²) < 4.78 is 0. The van der Waals surface area contributed by atoms with Crippen LogP contribution in [0.15, 0.2) is 24.4 Å². The third kappa shape index (κ3) is 2.81. The van der Waals surface area contributed by atoms with Crippen LogP contribution >= 0.6 is 0 Å². The molecule has 0 saturated heterocycles. The van der Waals surface area contributed by atoms with Crippen molar-refractivity contribution in [3.05, 3.63) is 30.1 Å². The van der Waals surface area contributed by atoms with Crippen LogP contribution in [0, 0.1) is 0 Å². The molecule has 0 saturated carbocycles. The van der Waals surface area contributed by atoms with E-state index in [-0.39, 0.29) is 0 Å². The first-order chi connectivity index (χ1) is 6.25. The SMILES string of the molecule is CCNC(C)C(C)c1ccccn1. The van der Waals surface area contributed by atoms with Crippen molar-refractivity contribution in [3.8, 4) is 0 Å². The molecule has 2 atom stereocenters. The number of nitrogens with one attached hydrogen (secondary N) is 1. The van der Waals surface area contributed by atoms with E-state index in [1.807, 2.05) is 18.3 Å². The Hall–Kier alpha value is -0.890. The van der Waals surface area contributed by atoms with E-state index in [0.29, 0.717) is 12.0 Å². The van der Waals surface area contributed by atoms with E-state index in [0.717, 1.165) is 12.2 Å². The number of pyridine rings is 1. The maximum Gasteiger partial charge on any atom is 0.0447 e. The highest BCUT2D eigenvalue weighted by Gasteiger charge is 2.13. The molecule has 0 bridgehead atoms. The summed E-state index contributed by atoms with van der Waals surface area (Å²) in [6, 6.07) is 6.56. The summed E-state index contributed by atoms with van der Waals surface area (Å²) in [5, 5.41) is 3.40. The van der Waals surface area contributed by atoms with Crippen LogP contribution in [0.4, 0.5) is 0 Å². The smallest absolute Gasteiger partial charge is 0.0447 e. The zero-order valence-corrected chi connectivity index (χ0v) is 8.62. The van der Waals surface area contributed by atoms with Gasteiger partial charge >= 0.3 is 0 Å². The molecule has 72 valence electrons. The Bertz CT molecular complexity index is 233. The maximum absolute atomic E-state index is 4.34. The first-order valence-corrected chi connectivity index (χ1v) is 4.90. The van der Waals surface area contributed by atoms with Crippen molar-refractivity contribution >= 4 is 0 Å². The zero-order chi connectivity index (χ0) is 9.68. The van der Waals surface area contributed by atoms with Crippen LogP contribution in [0.2, 0.25) is 0 Å². The Labute approximate surface area is 80.4 Å². The third-order valence-corrected chi connectivity index (χ3v) is 2.43. The fraction of sp³-hybridized carbons (Fsp3) is 0.545. The van der Waals surface area contributed by atoms with Crippen molar-refractivity contribution in [2.45, 2.75) is 32.7 Å². The molecular weight excluding hydrogens is 160 g/mol. The minimum atomic E-state index is 0.473. The standard InChI is InChI=1S/C11H18N2/c1-4-12-10(3)9(2)11-7-5-6-8-13-11/h5-10,12H,4H2,1-3H3. The normalized spacial score (nSPS) is 15.3. The van der Waals surface area contributed by atoms with E-state index in [2.05, 4.69) is 37.1 Å². The molecule has 1 heterocycles. The van der Waals surface area contributed by atoms with E-state index >= 15 is 0 Å². The van der Waals surface area contributed by atoms with E-state index in [9.17, 15) is 0 Å². The maximum atomic E-state index is 4.34. The lowest BCUT2D eigenvalue weighted by molar-refractivity contribution is 0.487. The van der Waals surface area contributed by atoms with Gasteiger partial charge < -0.3 is 5.32 Å². The predicted octanol–water partition coefficient (Wildman–Crippen LogP) is 2.18. The fourth-order valence-electron chi connectivity index (χ4n) is 1.40. The molecule has 13 heavy (non-hydrogen) atoms. The van der Waals surface area contributed by atoms with Gasteiger partial charge in [-0.3, -0.25) is 4.98 Å². The van der Waals surface area contributed by atoms with E-state index in [1.54, 1.807) is 0 Å². The third-order valence-electron chi connectivity index (χ3n) is 2.43. The summed E-state index contributed by atoms with van der Waals surface area (Å²) in [5.74, 6) is 0.473. The van der Waals surface area contributed by atoms with Gasteiger partial charge in [0, 0.05) is 23.9 Å². The number of nitrogens with zero attached hydrogens (tertiary/aromatic N) is 1. The van der Waals surface area contributed by atoms with Gasteiger partial charge in [0.25, 0.3) is 0 Å². The Balaban J connectivity index is 2.62. The first-order valence-electron chi connectivity index (χ1n) is 4.90. The van der Waals surface area contributed by atoms with Crippen LogP contribution in [0.3, 0.4) is 0 Å². The van der Waals surface area contributed by atoms with Crippen LogP contribution in [-0.2, 0) is 0 Å². The molecule has 2 heteroatoms. The highest BCUT2D eigenvalue weighted by Crippen LogP contribution is 2.15. The lowest BCUT2D eigenvalue weighted by Gasteiger charge is -2.19. The van der Waals surface area contributed by atoms with E-state index in [4.69, 9.17) is 0 Å². The second kappa shape index (κ2) is 4.97. The van der Waals surface area contributed by atoms with Gasteiger partial charge in [0.1, 0.15) is 0 Å². The summed E-state index contributed by atoms with van der Waals surface area (Å²) in [5.41, 5.74) is 1.16. The molecule has 1 rings (SSSR count). The molecule has 1 N–H and O–H groups in total. The molecular formula is C11H18N2. The minimum absolute atomic E-state index is 0.473. The Morgan fingerprint density at radius 2 is 2.15 bits per heavy atom. The molecule has 0 aliphatic heterocycles. The summed E-state index contributed by atoms with van der Waals surface area (Å²) in [4.78, 5) is 4.34. The molecule has 0 spiro atoms. The molecule has 0 aromatic carbocycles. The van der Waals surface area contributed by atoms with Crippen LogP contribution in [0.5, 0.6) is 0 Å². The van der Waals surface area contributed by atoms with Gasteiger partial charge in [0.05, 0.1) is 0 Å². The van der Waals surface area contributed by atoms with Crippen molar-refractivity contribution in [2.75, 3.05) is 6.54 Å². The van der Waals surface area contributed by atoms with Gasteiger partial charge in [-0.05, 0) is 25.6 Å².